The number of benzene rings is 1. The van der Waals surface area contributed by atoms with Crippen LogP contribution in [0.15, 0.2) is 54.2 Å². The highest BCUT2D eigenvalue weighted by molar-refractivity contribution is 7.17. The summed E-state index contributed by atoms with van der Waals surface area (Å²) < 4.78 is 6.48. The van der Waals surface area contributed by atoms with E-state index in [-0.39, 0.29) is 0 Å². The summed E-state index contributed by atoms with van der Waals surface area (Å²) in [4.78, 5) is 4.00. The lowest BCUT2D eigenvalue weighted by Gasteiger charge is -1.90. The molecule has 90 valence electrons. The second kappa shape index (κ2) is 5.29. The van der Waals surface area contributed by atoms with Crippen molar-refractivity contribution < 1.29 is 4.74 Å². The molecule has 0 spiro atoms. The molecule has 0 saturated carbocycles. The fourth-order valence-corrected chi connectivity index (χ4v) is 2.67. The molecule has 1 aliphatic rings. The van der Waals surface area contributed by atoms with E-state index < -0.39 is 0 Å². The fourth-order valence-electron chi connectivity index (χ4n) is 1.92. The van der Waals surface area contributed by atoms with Crippen LogP contribution in [-0.4, -0.2) is 4.98 Å². The van der Waals surface area contributed by atoms with Crippen molar-refractivity contribution in [1.82, 2.24) is 4.98 Å². The minimum Gasteiger partial charge on any atom is -0.372 e. The number of fused-ring (bicyclic) bond motifs is 2. The molecule has 3 heterocycles. The highest BCUT2D eigenvalue weighted by Gasteiger charge is 2.07. The van der Waals surface area contributed by atoms with E-state index in [1.807, 2.05) is 30.6 Å². The maximum atomic E-state index is 5.21. The number of aromatic nitrogens is 1. The number of ether oxygens (including phenoxy) is 1. The quantitative estimate of drug-likeness (QED) is 0.605. The molecule has 0 amide bonds. The zero-order valence-electron chi connectivity index (χ0n) is 9.87. The van der Waals surface area contributed by atoms with Gasteiger partial charge in [-0.25, -0.2) is 0 Å². The summed E-state index contributed by atoms with van der Waals surface area (Å²) in [6, 6.07) is 12.4. The van der Waals surface area contributed by atoms with Crippen molar-refractivity contribution in [3.05, 3.63) is 65.3 Å². The van der Waals surface area contributed by atoms with Gasteiger partial charge in [0.15, 0.2) is 0 Å². The highest BCUT2D eigenvalue weighted by atomic mass is 32.1. The van der Waals surface area contributed by atoms with Crippen LogP contribution in [0.1, 0.15) is 11.1 Å². The molecule has 18 heavy (non-hydrogen) atoms. The molecular weight excluding hydrogens is 242 g/mol. The summed E-state index contributed by atoms with van der Waals surface area (Å²) >= 11 is 1.72. The zero-order chi connectivity index (χ0) is 12.2. The van der Waals surface area contributed by atoms with Gasteiger partial charge in [-0.3, -0.25) is 4.98 Å². The Hall–Kier alpha value is -1.71. The molecule has 2 aromatic heterocycles. The standard InChI is InChI=1S/C8H8O.C7H5NS/c1-2-4-8-6-9-5-7(8)3-1;1-3-8-5-7-6(1)2-4-9-7/h1-4H,5-6H2;1-5H. The lowest BCUT2D eigenvalue weighted by Crippen LogP contribution is -1.77. The van der Waals surface area contributed by atoms with E-state index in [1.54, 1.807) is 11.3 Å². The highest BCUT2D eigenvalue weighted by Crippen LogP contribution is 2.18. The Morgan fingerprint density at radius 3 is 2.50 bits per heavy atom. The molecule has 0 atom stereocenters. The van der Waals surface area contributed by atoms with Crippen LogP contribution in [-0.2, 0) is 18.0 Å². The molecule has 0 N–H and O–H groups in total. The van der Waals surface area contributed by atoms with Gasteiger partial charge in [0.05, 0.1) is 17.9 Å². The van der Waals surface area contributed by atoms with Crippen LogP contribution < -0.4 is 0 Å². The zero-order valence-corrected chi connectivity index (χ0v) is 10.7. The minimum atomic E-state index is 0.802. The maximum absolute atomic E-state index is 5.21. The predicted octanol–water partition coefficient (Wildman–Crippen LogP) is 4.01. The molecule has 0 fully saturated rings. The van der Waals surface area contributed by atoms with Crippen LogP contribution in [0.4, 0.5) is 0 Å². The first-order valence-electron chi connectivity index (χ1n) is 5.85. The van der Waals surface area contributed by atoms with E-state index in [0.717, 1.165) is 13.2 Å². The van der Waals surface area contributed by atoms with E-state index in [0.29, 0.717) is 0 Å². The fraction of sp³-hybridized carbons (Fsp3) is 0.133. The largest absolute Gasteiger partial charge is 0.372 e. The lowest BCUT2D eigenvalue weighted by atomic mass is 10.1. The van der Waals surface area contributed by atoms with E-state index in [2.05, 4.69) is 28.6 Å². The van der Waals surface area contributed by atoms with Crippen molar-refractivity contribution in [2.45, 2.75) is 13.2 Å². The number of thiophene rings is 1. The Kier molecular flexibility index (Phi) is 3.35. The Balaban J connectivity index is 0.000000111. The van der Waals surface area contributed by atoms with Gasteiger partial charge in [0.25, 0.3) is 0 Å². The van der Waals surface area contributed by atoms with Gasteiger partial charge in [0, 0.05) is 12.4 Å². The van der Waals surface area contributed by atoms with Gasteiger partial charge in [-0.15, -0.1) is 11.3 Å². The van der Waals surface area contributed by atoms with Crippen LogP contribution in [0.5, 0.6) is 0 Å². The lowest BCUT2D eigenvalue weighted by molar-refractivity contribution is 0.134. The van der Waals surface area contributed by atoms with Crippen molar-refractivity contribution in [1.29, 1.82) is 0 Å². The van der Waals surface area contributed by atoms with Gasteiger partial charge < -0.3 is 4.74 Å². The number of pyridine rings is 1. The van der Waals surface area contributed by atoms with Crippen molar-refractivity contribution in [3.8, 4) is 0 Å². The molecular formula is C15H13NOS. The summed E-state index contributed by atoms with van der Waals surface area (Å²) in [6.07, 6.45) is 3.70. The topological polar surface area (TPSA) is 22.1 Å². The van der Waals surface area contributed by atoms with Crippen molar-refractivity contribution >= 4 is 21.4 Å². The molecule has 0 saturated heterocycles. The Bertz CT molecular complexity index is 594. The van der Waals surface area contributed by atoms with Crippen LogP contribution in [0, 0.1) is 0 Å². The molecule has 3 aromatic rings. The van der Waals surface area contributed by atoms with E-state index in [4.69, 9.17) is 4.74 Å². The Morgan fingerprint density at radius 1 is 1.00 bits per heavy atom. The van der Waals surface area contributed by atoms with Gasteiger partial charge in [-0.1, -0.05) is 24.3 Å². The van der Waals surface area contributed by atoms with Crippen LogP contribution in [0.3, 0.4) is 0 Å². The minimum absolute atomic E-state index is 0.802. The average molecular weight is 255 g/mol. The summed E-state index contributed by atoms with van der Waals surface area (Å²) in [5.41, 5.74) is 2.69. The molecule has 2 nitrogen and oxygen atoms in total. The molecule has 0 aliphatic carbocycles. The Morgan fingerprint density at radius 2 is 1.78 bits per heavy atom. The smallest absolute Gasteiger partial charge is 0.0724 e. The SMILES string of the molecule is c1cc2ccsc2cn1.c1ccc2c(c1)COC2. The third kappa shape index (κ3) is 2.42. The molecule has 1 aliphatic heterocycles. The maximum Gasteiger partial charge on any atom is 0.0724 e. The number of rotatable bonds is 0. The molecule has 3 heteroatoms. The van der Waals surface area contributed by atoms with Gasteiger partial charge in [-0.2, -0.15) is 0 Å². The second-order valence-electron chi connectivity index (χ2n) is 4.10. The van der Waals surface area contributed by atoms with E-state index in [1.165, 1.54) is 21.2 Å². The molecule has 0 unspecified atom stereocenters. The Labute approximate surface area is 110 Å². The first-order valence-corrected chi connectivity index (χ1v) is 6.73. The van der Waals surface area contributed by atoms with Gasteiger partial charge >= 0.3 is 0 Å². The monoisotopic (exact) mass is 255 g/mol. The van der Waals surface area contributed by atoms with Crippen LogP contribution in [0.2, 0.25) is 0 Å². The second-order valence-corrected chi connectivity index (χ2v) is 5.04. The van der Waals surface area contributed by atoms with Gasteiger partial charge in [-0.05, 0) is 34.0 Å². The summed E-state index contributed by atoms with van der Waals surface area (Å²) in [7, 11) is 0. The van der Waals surface area contributed by atoms with Gasteiger partial charge in [0.1, 0.15) is 0 Å². The summed E-state index contributed by atoms with van der Waals surface area (Å²) in [5, 5.41) is 3.36. The third-order valence-electron chi connectivity index (χ3n) is 2.89. The first kappa shape index (κ1) is 11.4. The molecule has 4 rings (SSSR count). The normalized spacial score (nSPS) is 12.9. The molecule has 0 radical (unpaired) electrons. The van der Waals surface area contributed by atoms with Gasteiger partial charge in [0.2, 0.25) is 0 Å². The summed E-state index contributed by atoms with van der Waals surface area (Å²) in [6.45, 7) is 1.60. The first-order chi connectivity index (χ1) is 8.93. The van der Waals surface area contributed by atoms with Crippen molar-refractivity contribution in [2.75, 3.05) is 0 Å². The number of hydrogen-bond donors (Lipinski definition) is 0. The average Bonchev–Trinajstić information content (AvgIpc) is 3.08. The van der Waals surface area contributed by atoms with E-state index >= 15 is 0 Å². The van der Waals surface area contributed by atoms with Crippen LogP contribution in [0.25, 0.3) is 10.1 Å². The number of nitrogens with zero attached hydrogens (tertiary/aromatic N) is 1. The molecule has 1 aromatic carbocycles. The van der Waals surface area contributed by atoms with E-state index in [9.17, 15) is 0 Å². The van der Waals surface area contributed by atoms with Crippen molar-refractivity contribution in [2.24, 2.45) is 0 Å². The number of hydrogen-bond acceptors (Lipinski definition) is 3. The van der Waals surface area contributed by atoms with Crippen molar-refractivity contribution in [3.63, 3.8) is 0 Å². The van der Waals surface area contributed by atoms with Crippen LogP contribution >= 0.6 is 11.3 Å². The predicted molar refractivity (Wildman–Crippen MR) is 74.6 cm³/mol. The third-order valence-corrected chi connectivity index (χ3v) is 3.76. The summed E-state index contributed by atoms with van der Waals surface area (Å²) in [5.74, 6) is 0. The molecule has 0 bridgehead atoms.